The molecule has 0 saturated heterocycles. The molecule has 1 aromatic heterocycles. The number of nitrogens with one attached hydrogen (secondary N) is 2. The molecule has 0 atom stereocenters. The maximum atomic E-state index is 13.5. The molecule has 22 heavy (non-hydrogen) atoms. The third-order valence-electron chi connectivity index (χ3n) is 4.10. The van der Waals surface area contributed by atoms with E-state index in [9.17, 15) is 9.18 Å². The minimum Gasteiger partial charge on any atom is -0.366 e. The summed E-state index contributed by atoms with van der Waals surface area (Å²) >= 11 is 0. The van der Waals surface area contributed by atoms with Gasteiger partial charge in [0.2, 0.25) is 5.91 Å². The van der Waals surface area contributed by atoms with Gasteiger partial charge in [0, 0.05) is 24.0 Å². The number of H-pyrrole nitrogens is 1. The fraction of sp³-hybridized carbons (Fsp3) is 0.125. The SMILES string of the molecule is NC(=O)c1cc(F)ccc1-c1cc2cn[nH]c2c2c1CNC2. The van der Waals surface area contributed by atoms with Crippen LogP contribution in [-0.2, 0) is 13.1 Å². The first-order chi connectivity index (χ1) is 10.6. The van der Waals surface area contributed by atoms with Gasteiger partial charge in [-0.3, -0.25) is 9.89 Å². The molecule has 4 rings (SSSR count). The number of nitrogens with two attached hydrogens (primary N) is 1. The molecule has 0 radical (unpaired) electrons. The standard InChI is InChI=1S/C16H13FN4O/c17-9-1-2-10(12(4-9)16(18)22)11-3-8-5-20-21-15(8)14-7-19-6-13(11)14/h1-5,19H,6-7H2,(H2,18,22)(H,20,21). The van der Waals surface area contributed by atoms with Crippen molar-refractivity contribution in [1.82, 2.24) is 15.5 Å². The van der Waals surface area contributed by atoms with Crippen LogP contribution in [0.4, 0.5) is 4.39 Å². The molecule has 0 spiro atoms. The van der Waals surface area contributed by atoms with Crippen molar-refractivity contribution < 1.29 is 9.18 Å². The second-order valence-electron chi connectivity index (χ2n) is 5.37. The van der Waals surface area contributed by atoms with Gasteiger partial charge in [0.1, 0.15) is 5.82 Å². The van der Waals surface area contributed by atoms with Crippen LogP contribution in [0, 0.1) is 5.82 Å². The number of aromatic amines is 1. The molecular formula is C16H13FN4O. The molecule has 6 heteroatoms. The molecule has 3 aromatic rings. The van der Waals surface area contributed by atoms with E-state index in [1.165, 1.54) is 12.1 Å². The van der Waals surface area contributed by atoms with Crippen LogP contribution in [-0.4, -0.2) is 16.1 Å². The quantitative estimate of drug-likeness (QED) is 0.677. The molecule has 2 heterocycles. The Balaban J connectivity index is 2.05. The number of primary amides is 1. The van der Waals surface area contributed by atoms with E-state index < -0.39 is 11.7 Å². The Morgan fingerprint density at radius 1 is 1.18 bits per heavy atom. The Labute approximate surface area is 125 Å². The van der Waals surface area contributed by atoms with Crippen molar-refractivity contribution in [2.45, 2.75) is 13.1 Å². The van der Waals surface area contributed by atoms with Gasteiger partial charge in [0.15, 0.2) is 0 Å². The van der Waals surface area contributed by atoms with Gasteiger partial charge in [-0.1, -0.05) is 6.07 Å². The highest BCUT2D eigenvalue weighted by molar-refractivity contribution is 6.02. The smallest absolute Gasteiger partial charge is 0.249 e. The van der Waals surface area contributed by atoms with Crippen molar-refractivity contribution in [3.8, 4) is 11.1 Å². The number of hydrogen-bond donors (Lipinski definition) is 3. The number of hydrogen-bond acceptors (Lipinski definition) is 3. The average molecular weight is 296 g/mol. The first-order valence-corrected chi connectivity index (χ1v) is 6.93. The number of amides is 1. The van der Waals surface area contributed by atoms with Gasteiger partial charge < -0.3 is 11.1 Å². The number of benzene rings is 2. The summed E-state index contributed by atoms with van der Waals surface area (Å²) in [6, 6.07) is 6.10. The number of nitrogens with zero attached hydrogens (tertiary/aromatic N) is 1. The van der Waals surface area contributed by atoms with Gasteiger partial charge in [-0.2, -0.15) is 5.10 Å². The average Bonchev–Trinajstić information content (AvgIpc) is 3.14. The minimum atomic E-state index is -0.638. The molecular weight excluding hydrogens is 283 g/mol. The largest absolute Gasteiger partial charge is 0.366 e. The summed E-state index contributed by atoms with van der Waals surface area (Å²) < 4.78 is 13.5. The van der Waals surface area contributed by atoms with Gasteiger partial charge in [-0.05, 0) is 40.5 Å². The van der Waals surface area contributed by atoms with Crippen LogP contribution in [0.25, 0.3) is 22.0 Å². The summed E-state index contributed by atoms with van der Waals surface area (Å²) in [5, 5.41) is 11.3. The van der Waals surface area contributed by atoms with Crippen LogP contribution in [0.1, 0.15) is 21.5 Å². The summed E-state index contributed by atoms with van der Waals surface area (Å²) in [5.74, 6) is -1.11. The highest BCUT2D eigenvalue weighted by Gasteiger charge is 2.22. The van der Waals surface area contributed by atoms with E-state index in [4.69, 9.17) is 5.73 Å². The number of fused-ring (bicyclic) bond motifs is 3. The van der Waals surface area contributed by atoms with Gasteiger partial charge in [-0.25, -0.2) is 4.39 Å². The molecule has 0 fully saturated rings. The Kier molecular flexibility index (Phi) is 2.74. The highest BCUT2D eigenvalue weighted by atomic mass is 19.1. The zero-order valence-corrected chi connectivity index (χ0v) is 11.6. The molecule has 1 aliphatic heterocycles. The molecule has 1 amide bonds. The summed E-state index contributed by atoms with van der Waals surface area (Å²) in [5.41, 5.74) is 10.4. The fourth-order valence-electron chi connectivity index (χ4n) is 3.11. The molecule has 0 saturated carbocycles. The van der Waals surface area contributed by atoms with Gasteiger partial charge in [-0.15, -0.1) is 0 Å². The fourth-order valence-corrected chi connectivity index (χ4v) is 3.11. The lowest BCUT2D eigenvalue weighted by Gasteiger charge is -2.12. The predicted octanol–water partition coefficient (Wildman–Crippen LogP) is 2.07. The van der Waals surface area contributed by atoms with Gasteiger partial charge >= 0.3 is 0 Å². The molecule has 5 nitrogen and oxygen atoms in total. The minimum absolute atomic E-state index is 0.192. The molecule has 2 aromatic carbocycles. The first-order valence-electron chi connectivity index (χ1n) is 6.93. The van der Waals surface area contributed by atoms with Crippen LogP contribution in [0.2, 0.25) is 0 Å². The second-order valence-corrected chi connectivity index (χ2v) is 5.37. The third-order valence-corrected chi connectivity index (χ3v) is 4.10. The lowest BCUT2D eigenvalue weighted by atomic mass is 9.91. The maximum Gasteiger partial charge on any atom is 0.249 e. The molecule has 0 aliphatic carbocycles. The summed E-state index contributed by atoms with van der Waals surface area (Å²) in [4.78, 5) is 11.7. The van der Waals surface area contributed by atoms with Crippen molar-refractivity contribution >= 4 is 16.8 Å². The van der Waals surface area contributed by atoms with Crippen molar-refractivity contribution in [3.05, 3.63) is 53.0 Å². The van der Waals surface area contributed by atoms with Crippen LogP contribution in [0.15, 0.2) is 30.5 Å². The molecule has 1 aliphatic rings. The normalized spacial score (nSPS) is 13.5. The molecule has 0 unspecified atom stereocenters. The number of halogens is 1. The van der Waals surface area contributed by atoms with E-state index in [0.29, 0.717) is 12.1 Å². The van der Waals surface area contributed by atoms with Crippen molar-refractivity contribution in [2.24, 2.45) is 5.73 Å². The number of carbonyl (C=O) groups is 1. The molecule has 4 N–H and O–H groups in total. The second kappa shape index (κ2) is 4.64. The van der Waals surface area contributed by atoms with E-state index in [-0.39, 0.29) is 5.56 Å². The first kappa shape index (κ1) is 13.0. The topological polar surface area (TPSA) is 83.8 Å². The summed E-state index contributed by atoms with van der Waals surface area (Å²) in [6.45, 7) is 1.42. The highest BCUT2D eigenvalue weighted by Crippen LogP contribution is 2.36. The van der Waals surface area contributed by atoms with Crippen molar-refractivity contribution in [3.63, 3.8) is 0 Å². The summed E-state index contributed by atoms with van der Waals surface area (Å²) in [7, 11) is 0. The van der Waals surface area contributed by atoms with Crippen LogP contribution < -0.4 is 11.1 Å². The number of rotatable bonds is 2. The van der Waals surface area contributed by atoms with Crippen LogP contribution in [0.3, 0.4) is 0 Å². The predicted molar refractivity (Wildman–Crippen MR) is 80.5 cm³/mol. The van der Waals surface area contributed by atoms with Crippen molar-refractivity contribution in [2.75, 3.05) is 0 Å². The van der Waals surface area contributed by atoms with E-state index in [2.05, 4.69) is 15.5 Å². The monoisotopic (exact) mass is 296 g/mol. The van der Waals surface area contributed by atoms with E-state index in [0.717, 1.165) is 34.1 Å². The molecule has 0 bridgehead atoms. The zero-order valence-electron chi connectivity index (χ0n) is 11.6. The lowest BCUT2D eigenvalue weighted by molar-refractivity contribution is 0.100. The Morgan fingerprint density at radius 2 is 2.00 bits per heavy atom. The van der Waals surface area contributed by atoms with E-state index >= 15 is 0 Å². The third kappa shape index (κ3) is 1.81. The lowest BCUT2D eigenvalue weighted by Crippen LogP contribution is -2.13. The van der Waals surface area contributed by atoms with E-state index in [1.807, 2.05) is 6.07 Å². The Hall–Kier alpha value is -2.73. The summed E-state index contributed by atoms with van der Waals surface area (Å²) in [6.07, 6.45) is 1.74. The Morgan fingerprint density at radius 3 is 2.82 bits per heavy atom. The maximum absolute atomic E-state index is 13.5. The number of aromatic nitrogens is 2. The molecule has 110 valence electrons. The van der Waals surface area contributed by atoms with Crippen molar-refractivity contribution in [1.29, 1.82) is 0 Å². The van der Waals surface area contributed by atoms with Gasteiger partial charge in [0.25, 0.3) is 0 Å². The van der Waals surface area contributed by atoms with Crippen LogP contribution in [0.5, 0.6) is 0 Å². The zero-order chi connectivity index (χ0) is 15.3. The van der Waals surface area contributed by atoms with Gasteiger partial charge in [0.05, 0.1) is 11.7 Å². The Bertz CT molecular complexity index is 916. The number of carbonyl (C=O) groups excluding carboxylic acids is 1. The van der Waals surface area contributed by atoms with E-state index in [1.54, 1.807) is 12.3 Å². The van der Waals surface area contributed by atoms with Crippen LogP contribution >= 0.6 is 0 Å².